The Morgan fingerprint density at radius 3 is 2.67 bits per heavy atom. The molecule has 1 aliphatic heterocycles. The molecular formula is C5H10Br2N2O2Si. The van der Waals surface area contributed by atoms with Crippen molar-refractivity contribution in [2.75, 3.05) is 13.1 Å². The van der Waals surface area contributed by atoms with E-state index in [4.69, 9.17) is 0 Å². The highest BCUT2D eigenvalue weighted by Gasteiger charge is 2.40. The Hall–Kier alpha value is 0.407. The van der Waals surface area contributed by atoms with E-state index < -0.39 is 5.56 Å². The monoisotopic (exact) mass is 316 g/mol. The van der Waals surface area contributed by atoms with Crippen molar-refractivity contribution >= 4 is 42.2 Å². The van der Waals surface area contributed by atoms with Gasteiger partial charge in [-0.05, 0) is 6.92 Å². The van der Waals surface area contributed by atoms with Crippen molar-refractivity contribution in [3.05, 3.63) is 0 Å². The third-order valence-corrected chi connectivity index (χ3v) is 7.15. The largest absolute Gasteiger partial charge is 0.414 e. The van der Waals surface area contributed by atoms with Crippen molar-refractivity contribution in [2.24, 2.45) is 0 Å². The van der Waals surface area contributed by atoms with Crippen molar-refractivity contribution in [1.29, 1.82) is 0 Å². The van der Waals surface area contributed by atoms with Crippen LogP contribution >= 0.6 is 30.6 Å². The molecule has 7 heteroatoms. The molecule has 1 unspecified atom stereocenters. The molecule has 1 heterocycles. The average Bonchev–Trinajstić information content (AvgIpc) is 2.31. The zero-order valence-corrected chi connectivity index (χ0v) is 10.7. The maximum Gasteiger partial charge on any atom is 0.356 e. The molecule has 1 aliphatic rings. The van der Waals surface area contributed by atoms with Gasteiger partial charge in [0.15, 0.2) is 0 Å². The number of nitrogens with one attached hydrogen (secondary N) is 1. The highest BCUT2D eigenvalue weighted by atomic mass is 79.9. The fraction of sp³-hybridized carbons (Fsp3) is 0.800. The van der Waals surface area contributed by atoms with E-state index in [-0.39, 0.29) is 11.7 Å². The fourth-order valence-electron chi connectivity index (χ4n) is 1.04. The van der Waals surface area contributed by atoms with Gasteiger partial charge < -0.3 is 15.0 Å². The first-order valence-corrected chi connectivity index (χ1v) is 10.1. The van der Waals surface area contributed by atoms with E-state index >= 15 is 0 Å². The smallest absolute Gasteiger partial charge is 0.356 e. The van der Waals surface area contributed by atoms with Gasteiger partial charge in [0.05, 0.1) is 5.67 Å². The average molecular weight is 318 g/mol. The third kappa shape index (κ3) is 2.21. The van der Waals surface area contributed by atoms with Crippen molar-refractivity contribution < 1.29 is 9.59 Å². The highest BCUT2D eigenvalue weighted by molar-refractivity contribution is 9.50. The molecule has 2 N–H and O–H groups in total. The van der Waals surface area contributed by atoms with Crippen LogP contribution < -0.4 is 5.32 Å². The van der Waals surface area contributed by atoms with Crippen molar-refractivity contribution in [2.45, 2.75) is 12.6 Å². The van der Waals surface area contributed by atoms with Crippen LogP contribution in [0.2, 0.25) is 0 Å². The third-order valence-electron chi connectivity index (χ3n) is 1.86. The van der Waals surface area contributed by atoms with Crippen LogP contribution in [0.1, 0.15) is 6.92 Å². The number of halogens is 2. The quantitative estimate of drug-likeness (QED) is 0.581. The molecule has 0 spiro atoms. The second-order valence-electron chi connectivity index (χ2n) is 2.69. The van der Waals surface area contributed by atoms with E-state index in [0.717, 1.165) is 0 Å². The molecule has 12 heavy (non-hydrogen) atoms. The Bertz CT molecular complexity index is 196. The first-order valence-electron chi connectivity index (χ1n) is 3.57. The van der Waals surface area contributed by atoms with E-state index in [0.29, 0.717) is 13.1 Å². The minimum absolute atomic E-state index is 0.104. The fourth-order valence-corrected chi connectivity index (χ4v) is 3.15. The standard InChI is InChI=1S/C5H10Br2N2O2Si/c1-4(12(6,7)11)9-3-2-8-5(9)10/h4,11H,2-3H2,1H3,(H,8,10). The van der Waals surface area contributed by atoms with Crippen LogP contribution in [0.5, 0.6) is 0 Å². The van der Waals surface area contributed by atoms with Crippen LogP contribution in [0.25, 0.3) is 0 Å². The number of rotatable bonds is 2. The minimum Gasteiger partial charge on any atom is -0.414 e. The van der Waals surface area contributed by atoms with Gasteiger partial charge in [0, 0.05) is 13.1 Å². The Morgan fingerprint density at radius 2 is 2.33 bits per heavy atom. The predicted octanol–water partition coefficient (Wildman–Crippen LogP) is 0.660. The summed E-state index contributed by atoms with van der Waals surface area (Å²) in [6, 6.07) is -0.104. The number of amides is 2. The lowest BCUT2D eigenvalue weighted by Gasteiger charge is -2.27. The topological polar surface area (TPSA) is 52.6 Å². The lowest BCUT2D eigenvalue weighted by molar-refractivity contribution is 0.212. The highest BCUT2D eigenvalue weighted by Crippen LogP contribution is 2.25. The molecule has 0 radical (unpaired) electrons. The summed E-state index contributed by atoms with van der Waals surface area (Å²) >= 11 is 6.34. The summed E-state index contributed by atoms with van der Waals surface area (Å²) in [7, 11) is 0. The second-order valence-corrected chi connectivity index (χ2v) is 15.1. The maximum absolute atomic E-state index is 11.1. The van der Waals surface area contributed by atoms with E-state index in [9.17, 15) is 9.59 Å². The number of urea groups is 1. The van der Waals surface area contributed by atoms with Gasteiger partial charge in [0.2, 0.25) is 0 Å². The first kappa shape index (κ1) is 10.5. The van der Waals surface area contributed by atoms with Gasteiger partial charge in [-0.1, -0.05) is 30.6 Å². The Morgan fingerprint density at radius 1 is 1.75 bits per heavy atom. The summed E-state index contributed by atoms with van der Waals surface area (Å²) in [5, 5.41) is 2.68. The summed E-state index contributed by atoms with van der Waals surface area (Å²) in [6.45, 7) is 3.14. The minimum atomic E-state index is -2.58. The summed E-state index contributed by atoms with van der Waals surface area (Å²) in [5.41, 5.74) is -2.74. The van der Waals surface area contributed by atoms with Gasteiger partial charge in [0.1, 0.15) is 0 Å². The van der Waals surface area contributed by atoms with Crippen molar-refractivity contribution in [3.8, 4) is 0 Å². The number of nitrogens with zero attached hydrogens (tertiary/aromatic N) is 1. The van der Waals surface area contributed by atoms with Gasteiger partial charge in [-0.3, -0.25) is 0 Å². The lowest BCUT2D eigenvalue weighted by Crippen LogP contribution is -2.49. The number of carbonyl (C=O) groups excluding carboxylic acids is 1. The molecule has 0 bridgehead atoms. The summed E-state index contributed by atoms with van der Waals surface area (Å²) < 4.78 is 0. The lowest BCUT2D eigenvalue weighted by atomic mass is 10.6. The molecule has 0 aromatic carbocycles. The Kier molecular flexibility index (Phi) is 3.19. The van der Waals surface area contributed by atoms with Crippen LogP contribution in [0.3, 0.4) is 0 Å². The second kappa shape index (κ2) is 3.65. The van der Waals surface area contributed by atoms with Crippen LogP contribution in [0, 0.1) is 0 Å². The van der Waals surface area contributed by atoms with Gasteiger partial charge >= 0.3 is 11.6 Å². The molecule has 0 aliphatic carbocycles. The number of hydrogen-bond acceptors (Lipinski definition) is 2. The molecule has 1 fully saturated rings. The normalized spacial score (nSPS) is 21.0. The van der Waals surface area contributed by atoms with Crippen molar-refractivity contribution in [3.63, 3.8) is 0 Å². The summed E-state index contributed by atoms with van der Waals surface area (Å²) in [4.78, 5) is 22.4. The molecule has 0 aromatic heterocycles. The molecule has 0 saturated carbocycles. The van der Waals surface area contributed by atoms with Crippen LogP contribution in [0.4, 0.5) is 4.79 Å². The first-order chi connectivity index (χ1) is 5.43. The zero-order chi connectivity index (χ0) is 9.35. The number of hydrogen-bond donors (Lipinski definition) is 2. The number of carbonyl (C=O) groups is 1. The van der Waals surface area contributed by atoms with Gasteiger partial charge in [-0.2, -0.15) is 0 Å². The van der Waals surface area contributed by atoms with Gasteiger partial charge in [-0.15, -0.1) is 0 Å². The molecule has 1 atom stereocenters. The Balaban J connectivity index is 2.63. The molecular weight excluding hydrogens is 308 g/mol. The van der Waals surface area contributed by atoms with E-state index in [1.165, 1.54) is 0 Å². The van der Waals surface area contributed by atoms with E-state index in [1.807, 2.05) is 6.92 Å². The maximum atomic E-state index is 11.1. The van der Waals surface area contributed by atoms with Gasteiger partial charge in [-0.25, -0.2) is 4.79 Å². The molecule has 1 rings (SSSR count). The van der Waals surface area contributed by atoms with E-state index in [2.05, 4.69) is 35.9 Å². The zero-order valence-electron chi connectivity index (χ0n) is 6.55. The van der Waals surface area contributed by atoms with Gasteiger partial charge in [0.25, 0.3) is 0 Å². The molecule has 2 amide bonds. The van der Waals surface area contributed by atoms with E-state index in [1.54, 1.807) is 4.90 Å². The molecule has 4 nitrogen and oxygen atoms in total. The van der Waals surface area contributed by atoms with Crippen molar-refractivity contribution in [1.82, 2.24) is 10.2 Å². The van der Waals surface area contributed by atoms with Crippen LogP contribution in [-0.4, -0.2) is 40.0 Å². The van der Waals surface area contributed by atoms with Crippen LogP contribution in [0.15, 0.2) is 0 Å². The summed E-state index contributed by atoms with van der Waals surface area (Å²) in [6.07, 6.45) is 0. The summed E-state index contributed by atoms with van der Waals surface area (Å²) in [5.74, 6) is 0. The Labute approximate surface area is 87.6 Å². The SMILES string of the molecule is CC(N1CCNC1=O)[Si](O)(Br)Br. The molecule has 70 valence electrons. The molecule has 0 aromatic rings. The molecule has 1 saturated heterocycles. The predicted molar refractivity (Wildman–Crippen MR) is 55.4 cm³/mol. The van der Waals surface area contributed by atoms with Crippen LogP contribution in [-0.2, 0) is 0 Å².